The second-order valence-electron chi connectivity index (χ2n) is 4.94. The Morgan fingerprint density at radius 3 is 2.48 bits per heavy atom. The summed E-state index contributed by atoms with van der Waals surface area (Å²) in [4.78, 5) is 20.2. The molecule has 1 aromatic carbocycles. The Hall–Kier alpha value is -2.43. The Balaban J connectivity index is 1.92. The number of ether oxygens (including phenoxy) is 1. The summed E-state index contributed by atoms with van der Waals surface area (Å²) in [7, 11) is 0. The third-order valence-electron chi connectivity index (χ3n) is 3.14. The number of aryl methyl sites for hydroxylation is 1. The average Bonchev–Trinajstić information content (AvgIpc) is 2.48. The molecular weight excluding hydrogens is 266 g/mol. The standard InChI is InChI=1S/C16H19N3O2/c1-11-9-18-15(10-17-11)16(20)19-12(2)13(3)21-14-7-5-4-6-8-14/h4-10,12-13H,1-3H3,(H,19,20)/t12-,13+/m0/s1. The molecule has 0 bridgehead atoms. The molecule has 1 N–H and O–H groups in total. The number of amides is 1. The SMILES string of the molecule is Cc1cnc(C(=O)N[C@@H](C)[C@@H](C)Oc2ccccc2)cn1. The van der Waals surface area contributed by atoms with Crippen molar-refractivity contribution in [2.24, 2.45) is 0 Å². The molecule has 21 heavy (non-hydrogen) atoms. The van der Waals surface area contributed by atoms with Gasteiger partial charge < -0.3 is 10.1 Å². The lowest BCUT2D eigenvalue weighted by Crippen LogP contribution is -2.42. The number of carbonyl (C=O) groups is 1. The van der Waals surface area contributed by atoms with Crippen LogP contribution >= 0.6 is 0 Å². The molecule has 2 aromatic rings. The Morgan fingerprint density at radius 1 is 1.14 bits per heavy atom. The van der Waals surface area contributed by atoms with Gasteiger partial charge in [0.1, 0.15) is 17.5 Å². The van der Waals surface area contributed by atoms with E-state index in [1.165, 1.54) is 6.20 Å². The lowest BCUT2D eigenvalue weighted by Gasteiger charge is -2.22. The molecule has 0 saturated carbocycles. The summed E-state index contributed by atoms with van der Waals surface area (Å²) in [6, 6.07) is 9.37. The predicted molar refractivity (Wildman–Crippen MR) is 80.2 cm³/mol. The number of benzene rings is 1. The van der Waals surface area contributed by atoms with Gasteiger partial charge in [0.2, 0.25) is 0 Å². The zero-order chi connectivity index (χ0) is 15.2. The molecule has 0 radical (unpaired) electrons. The van der Waals surface area contributed by atoms with Crippen molar-refractivity contribution in [2.45, 2.75) is 32.9 Å². The molecule has 0 aliphatic carbocycles. The molecule has 2 rings (SSSR count). The highest BCUT2D eigenvalue weighted by Gasteiger charge is 2.18. The van der Waals surface area contributed by atoms with Gasteiger partial charge in [-0.3, -0.25) is 9.78 Å². The fourth-order valence-corrected chi connectivity index (χ4v) is 1.72. The van der Waals surface area contributed by atoms with Crippen LogP contribution in [-0.4, -0.2) is 28.0 Å². The van der Waals surface area contributed by atoms with Crippen LogP contribution in [0.1, 0.15) is 30.0 Å². The van der Waals surface area contributed by atoms with Crippen molar-refractivity contribution in [3.63, 3.8) is 0 Å². The van der Waals surface area contributed by atoms with E-state index in [4.69, 9.17) is 4.74 Å². The van der Waals surface area contributed by atoms with Gasteiger partial charge in [-0.15, -0.1) is 0 Å². The molecule has 0 aliphatic heterocycles. The lowest BCUT2D eigenvalue weighted by molar-refractivity contribution is 0.0888. The topological polar surface area (TPSA) is 64.1 Å². The molecule has 0 fully saturated rings. The van der Waals surface area contributed by atoms with Crippen molar-refractivity contribution >= 4 is 5.91 Å². The molecule has 0 spiro atoms. The summed E-state index contributed by atoms with van der Waals surface area (Å²) in [6.07, 6.45) is 2.89. The minimum Gasteiger partial charge on any atom is -0.489 e. The number of nitrogens with one attached hydrogen (secondary N) is 1. The first-order valence-corrected chi connectivity index (χ1v) is 6.87. The van der Waals surface area contributed by atoms with Crippen LogP contribution in [0.15, 0.2) is 42.7 Å². The maximum absolute atomic E-state index is 12.1. The fourth-order valence-electron chi connectivity index (χ4n) is 1.72. The van der Waals surface area contributed by atoms with Gasteiger partial charge in [-0.05, 0) is 32.9 Å². The van der Waals surface area contributed by atoms with Crippen molar-refractivity contribution in [3.05, 3.63) is 54.1 Å². The number of hydrogen-bond acceptors (Lipinski definition) is 4. The highest BCUT2D eigenvalue weighted by molar-refractivity contribution is 5.92. The monoisotopic (exact) mass is 285 g/mol. The van der Waals surface area contributed by atoms with Crippen LogP contribution in [0.3, 0.4) is 0 Å². The van der Waals surface area contributed by atoms with Crippen molar-refractivity contribution in [1.29, 1.82) is 0 Å². The summed E-state index contributed by atoms with van der Waals surface area (Å²) < 4.78 is 5.78. The minimum atomic E-state index is -0.251. The Bertz CT molecular complexity index is 584. The van der Waals surface area contributed by atoms with E-state index in [-0.39, 0.29) is 18.1 Å². The molecule has 2 atom stereocenters. The highest BCUT2D eigenvalue weighted by atomic mass is 16.5. The fraction of sp³-hybridized carbons (Fsp3) is 0.312. The number of rotatable bonds is 5. The van der Waals surface area contributed by atoms with Gasteiger partial charge in [-0.25, -0.2) is 4.98 Å². The quantitative estimate of drug-likeness (QED) is 0.916. The second-order valence-corrected chi connectivity index (χ2v) is 4.94. The van der Waals surface area contributed by atoms with Crippen molar-refractivity contribution in [3.8, 4) is 5.75 Å². The van der Waals surface area contributed by atoms with Crippen LogP contribution < -0.4 is 10.1 Å². The molecule has 0 unspecified atom stereocenters. The smallest absolute Gasteiger partial charge is 0.271 e. The molecule has 1 heterocycles. The van der Waals surface area contributed by atoms with E-state index in [0.29, 0.717) is 5.69 Å². The van der Waals surface area contributed by atoms with Gasteiger partial charge >= 0.3 is 0 Å². The van der Waals surface area contributed by atoms with Crippen molar-refractivity contribution < 1.29 is 9.53 Å². The number of carbonyl (C=O) groups excluding carboxylic acids is 1. The number of hydrogen-bond donors (Lipinski definition) is 1. The Morgan fingerprint density at radius 2 is 1.86 bits per heavy atom. The van der Waals surface area contributed by atoms with Crippen LogP contribution in [0.4, 0.5) is 0 Å². The van der Waals surface area contributed by atoms with E-state index in [9.17, 15) is 4.79 Å². The van der Waals surface area contributed by atoms with Crippen LogP contribution in [0, 0.1) is 6.92 Å². The van der Waals surface area contributed by atoms with Crippen molar-refractivity contribution in [1.82, 2.24) is 15.3 Å². The molecule has 1 amide bonds. The third kappa shape index (κ3) is 4.27. The van der Waals surface area contributed by atoms with Gasteiger partial charge in [-0.2, -0.15) is 0 Å². The normalized spacial score (nSPS) is 13.3. The zero-order valence-electron chi connectivity index (χ0n) is 12.4. The largest absolute Gasteiger partial charge is 0.489 e. The van der Waals surface area contributed by atoms with Gasteiger partial charge in [0.15, 0.2) is 0 Å². The summed E-state index contributed by atoms with van der Waals surface area (Å²) in [5.41, 5.74) is 1.08. The molecule has 110 valence electrons. The number of para-hydroxylation sites is 1. The van der Waals surface area contributed by atoms with E-state index in [1.807, 2.05) is 51.1 Å². The summed E-state index contributed by atoms with van der Waals surface area (Å²) in [5.74, 6) is 0.528. The maximum atomic E-state index is 12.1. The highest BCUT2D eigenvalue weighted by Crippen LogP contribution is 2.12. The van der Waals surface area contributed by atoms with Crippen LogP contribution in [0.2, 0.25) is 0 Å². The second kappa shape index (κ2) is 6.83. The predicted octanol–water partition coefficient (Wildman–Crippen LogP) is 2.37. The lowest BCUT2D eigenvalue weighted by atomic mass is 10.2. The van der Waals surface area contributed by atoms with Gasteiger partial charge in [0, 0.05) is 6.20 Å². The Labute approximate surface area is 124 Å². The van der Waals surface area contributed by atoms with E-state index >= 15 is 0 Å². The first-order valence-electron chi connectivity index (χ1n) is 6.87. The average molecular weight is 285 g/mol. The van der Waals surface area contributed by atoms with Gasteiger partial charge in [0.05, 0.1) is 17.9 Å². The molecular formula is C16H19N3O2. The van der Waals surface area contributed by atoms with Crippen LogP contribution in [0.5, 0.6) is 5.75 Å². The molecule has 5 nitrogen and oxygen atoms in total. The number of aromatic nitrogens is 2. The Kier molecular flexibility index (Phi) is 4.87. The molecule has 5 heteroatoms. The third-order valence-corrected chi connectivity index (χ3v) is 3.14. The first-order chi connectivity index (χ1) is 10.1. The zero-order valence-corrected chi connectivity index (χ0v) is 12.4. The summed E-state index contributed by atoms with van der Waals surface area (Å²) >= 11 is 0. The van der Waals surface area contributed by atoms with Gasteiger partial charge in [-0.1, -0.05) is 18.2 Å². The molecule has 1 aromatic heterocycles. The molecule has 0 saturated heterocycles. The van der Waals surface area contributed by atoms with E-state index in [1.54, 1.807) is 6.20 Å². The van der Waals surface area contributed by atoms with Crippen LogP contribution in [-0.2, 0) is 0 Å². The first kappa shape index (κ1) is 15.0. The maximum Gasteiger partial charge on any atom is 0.271 e. The van der Waals surface area contributed by atoms with Crippen molar-refractivity contribution in [2.75, 3.05) is 0 Å². The minimum absolute atomic E-state index is 0.152. The van der Waals surface area contributed by atoms with E-state index in [2.05, 4.69) is 15.3 Å². The van der Waals surface area contributed by atoms with E-state index < -0.39 is 0 Å². The van der Waals surface area contributed by atoms with E-state index in [0.717, 1.165) is 11.4 Å². The summed E-state index contributed by atoms with van der Waals surface area (Å²) in [6.45, 7) is 5.64. The number of nitrogens with zero attached hydrogens (tertiary/aromatic N) is 2. The van der Waals surface area contributed by atoms with Gasteiger partial charge in [0.25, 0.3) is 5.91 Å². The molecule has 0 aliphatic rings. The van der Waals surface area contributed by atoms with Crippen LogP contribution in [0.25, 0.3) is 0 Å². The summed E-state index contributed by atoms with van der Waals surface area (Å²) in [5, 5.41) is 2.87.